The lowest BCUT2D eigenvalue weighted by Crippen LogP contribution is -2.17. The molecule has 2 heterocycles. The number of ether oxygens (including phenoxy) is 3. The molecule has 2 N–H and O–H groups in total. The van der Waals surface area contributed by atoms with Crippen molar-refractivity contribution in [1.82, 2.24) is 9.55 Å². The predicted molar refractivity (Wildman–Crippen MR) is 184 cm³/mol. The van der Waals surface area contributed by atoms with Gasteiger partial charge in [0.05, 0.1) is 34.7 Å². The van der Waals surface area contributed by atoms with E-state index in [1.165, 1.54) is 31.2 Å². The predicted octanol–water partition coefficient (Wildman–Crippen LogP) is 6.11. The van der Waals surface area contributed by atoms with Gasteiger partial charge in [-0.1, -0.05) is 59.8 Å². The van der Waals surface area contributed by atoms with Gasteiger partial charge in [0, 0.05) is 17.7 Å². The van der Waals surface area contributed by atoms with Gasteiger partial charge >= 0.3 is 17.9 Å². The Kier molecular flexibility index (Phi) is 10.1. The molecule has 0 aliphatic rings. The number of benzene rings is 4. The molecule has 264 valence electrons. The monoisotopic (exact) mass is 707 g/mol. The van der Waals surface area contributed by atoms with Crippen molar-refractivity contribution >= 4 is 34.7 Å². The van der Waals surface area contributed by atoms with E-state index in [9.17, 15) is 24.5 Å². The lowest BCUT2D eigenvalue weighted by molar-refractivity contribution is -0.384. The topological polar surface area (TPSA) is 214 Å². The first-order valence-corrected chi connectivity index (χ1v) is 15.6. The summed E-state index contributed by atoms with van der Waals surface area (Å²) < 4.78 is 27.9. The number of hydrogen-bond acceptors (Lipinski definition) is 13. The summed E-state index contributed by atoms with van der Waals surface area (Å²) in [5.41, 5.74) is 10.1. The number of nitro groups is 1. The molecule has 0 aliphatic carbocycles. The Balaban J connectivity index is 1.20. The van der Waals surface area contributed by atoms with Crippen LogP contribution in [-0.2, 0) is 22.7 Å². The maximum atomic E-state index is 13.3. The first-order chi connectivity index (χ1) is 25.1. The molecule has 0 atom stereocenters. The molecule has 52 heavy (non-hydrogen) atoms. The van der Waals surface area contributed by atoms with Crippen molar-refractivity contribution in [1.29, 1.82) is 0 Å². The number of aryl methyl sites for hydroxylation is 1. The standard InChI is InChI=1S/C36H29N5O11/c1-3-47-34-38-29-10-6-9-28(33(42)48-20-30-21(2)49-35(43)51-30)31(29)40(34)19-22-11-13-23(14-12-22)26-7-4-5-8-27(26)32(37)39-52-36(44)50-25-17-15-24(16-18-25)41(45)46/h4-18H,3,19-20H2,1-2H3,(H2,37,39). The number of rotatable bonds is 12. The van der Waals surface area contributed by atoms with Crippen LogP contribution in [0.4, 0.5) is 10.5 Å². The molecule has 6 rings (SSSR count). The summed E-state index contributed by atoms with van der Waals surface area (Å²) in [4.78, 5) is 56.6. The second-order valence-corrected chi connectivity index (χ2v) is 11.0. The molecule has 0 radical (unpaired) electrons. The molecule has 16 heteroatoms. The van der Waals surface area contributed by atoms with Crippen LogP contribution in [0.3, 0.4) is 0 Å². The molecule has 16 nitrogen and oxygen atoms in total. The number of imidazole rings is 1. The minimum Gasteiger partial charge on any atom is -0.465 e. The zero-order chi connectivity index (χ0) is 36.8. The van der Waals surface area contributed by atoms with E-state index in [0.717, 1.165) is 11.1 Å². The molecule has 0 aliphatic heterocycles. The lowest BCUT2D eigenvalue weighted by Gasteiger charge is -2.13. The van der Waals surface area contributed by atoms with Crippen LogP contribution in [0.1, 0.15) is 39.9 Å². The van der Waals surface area contributed by atoms with Gasteiger partial charge in [0.25, 0.3) is 11.7 Å². The van der Waals surface area contributed by atoms with Crippen molar-refractivity contribution in [2.24, 2.45) is 10.9 Å². The summed E-state index contributed by atoms with van der Waals surface area (Å²) in [6.07, 6.45) is -1.19. The minimum atomic E-state index is -1.19. The van der Waals surface area contributed by atoms with Crippen molar-refractivity contribution in [2.45, 2.75) is 27.0 Å². The number of nitro benzene ring substituents is 1. The molecule has 0 amide bonds. The van der Waals surface area contributed by atoms with Crippen molar-refractivity contribution in [3.63, 3.8) is 0 Å². The van der Waals surface area contributed by atoms with Gasteiger partial charge in [0.2, 0.25) is 0 Å². The quantitative estimate of drug-likeness (QED) is 0.0290. The Labute approximate surface area is 293 Å². The van der Waals surface area contributed by atoms with Crippen LogP contribution < -0.4 is 21.0 Å². The van der Waals surface area contributed by atoms with Gasteiger partial charge in [-0.15, -0.1) is 0 Å². The largest absolute Gasteiger partial charge is 0.540 e. The van der Waals surface area contributed by atoms with E-state index in [4.69, 9.17) is 33.6 Å². The third-order valence-electron chi connectivity index (χ3n) is 7.67. The van der Waals surface area contributed by atoms with Crippen LogP contribution in [-0.4, -0.2) is 39.0 Å². The number of nitrogens with two attached hydrogens (primary N) is 1. The molecule has 6 aromatic rings. The SMILES string of the molecule is CCOc1nc2cccc(C(=O)OCc3oc(=O)oc3C)c2n1Cc1ccc(-c2ccccc2/C(N)=N\OC(=O)Oc2ccc([N+](=O)[O-])cc2)cc1. The van der Waals surface area contributed by atoms with E-state index in [-0.39, 0.29) is 47.5 Å². The molecule has 4 aromatic carbocycles. The maximum absolute atomic E-state index is 13.3. The number of amidine groups is 1. The van der Waals surface area contributed by atoms with E-state index in [1.54, 1.807) is 34.9 Å². The van der Waals surface area contributed by atoms with Gasteiger partial charge in [-0.2, -0.15) is 4.98 Å². The molecule has 0 saturated heterocycles. The number of esters is 1. The van der Waals surface area contributed by atoms with Gasteiger partial charge in [-0.3, -0.25) is 19.5 Å². The highest BCUT2D eigenvalue weighted by atomic mass is 16.8. The summed E-state index contributed by atoms with van der Waals surface area (Å²) in [5.74, 6) is -1.29. The molecule has 0 fully saturated rings. The molecule has 2 aromatic heterocycles. The third kappa shape index (κ3) is 7.65. The Morgan fingerprint density at radius 3 is 2.38 bits per heavy atom. The number of non-ortho nitro benzene ring substituents is 1. The maximum Gasteiger partial charge on any atom is 0.540 e. The summed E-state index contributed by atoms with van der Waals surface area (Å²) in [6, 6.07) is 24.9. The number of carbonyl (C=O) groups excluding carboxylic acids is 2. The summed E-state index contributed by atoms with van der Waals surface area (Å²) >= 11 is 0. The molecular formula is C36H29N5O11. The number of hydrogen-bond donors (Lipinski definition) is 1. The van der Waals surface area contributed by atoms with Crippen LogP contribution in [0.25, 0.3) is 22.2 Å². The van der Waals surface area contributed by atoms with Crippen molar-refractivity contribution in [3.05, 3.63) is 140 Å². The van der Waals surface area contributed by atoms with Gasteiger partial charge in [0.1, 0.15) is 5.75 Å². The fourth-order valence-electron chi connectivity index (χ4n) is 5.25. The van der Waals surface area contributed by atoms with Crippen LogP contribution in [0.5, 0.6) is 11.8 Å². The molecule has 0 spiro atoms. The zero-order valence-corrected chi connectivity index (χ0v) is 27.6. The smallest absolute Gasteiger partial charge is 0.465 e. The van der Waals surface area contributed by atoms with E-state index in [0.29, 0.717) is 34.8 Å². The second-order valence-electron chi connectivity index (χ2n) is 11.0. The summed E-state index contributed by atoms with van der Waals surface area (Å²) in [5, 5.41) is 14.6. The molecule has 0 bridgehead atoms. The zero-order valence-electron chi connectivity index (χ0n) is 27.6. The molecule has 0 saturated carbocycles. The fraction of sp³-hybridized carbons (Fsp3) is 0.139. The molecule has 0 unspecified atom stereocenters. The number of fused-ring (bicyclic) bond motifs is 1. The van der Waals surface area contributed by atoms with Crippen molar-refractivity contribution in [3.8, 4) is 22.9 Å². The summed E-state index contributed by atoms with van der Waals surface area (Å²) in [7, 11) is 0. The Hall–Kier alpha value is -7.23. The number of aromatic nitrogens is 2. The highest BCUT2D eigenvalue weighted by Crippen LogP contribution is 2.29. The van der Waals surface area contributed by atoms with Crippen molar-refractivity contribution < 1.29 is 42.4 Å². The number of nitrogens with zero attached hydrogens (tertiary/aromatic N) is 4. The normalized spacial score (nSPS) is 11.3. The van der Waals surface area contributed by atoms with E-state index in [2.05, 4.69) is 10.1 Å². The Morgan fingerprint density at radius 2 is 1.69 bits per heavy atom. The third-order valence-corrected chi connectivity index (χ3v) is 7.67. The highest BCUT2D eigenvalue weighted by Gasteiger charge is 2.22. The first kappa shape index (κ1) is 34.6. The van der Waals surface area contributed by atoms with Gasteiger partial charge in [0.15, 0.2) is 24.0 Å². The highest BCUT2D eigenvalue weighted by molar-refractivity contribution is 6.04. The van der Waals surface area contributed by atoms with E-state index >= 15 is 0 Å². The summed E-state index contributed by atoms with van der Waals surface area (Å²) in [6.45, 7) is 3.68. The Bertz CT molecular complexity index is 2360. The van der Waals surface area contributed by atoms with Gasteiger partial charge < -0.3 is 28.8 Å². The number of para-hydroxylation sites is 1. The van der Waals surface area contributed by atoms with Gasteiger partial charge in [-0.25, -0.2) is 14.4 Å². The fourth-order valence-corrected chi connectivity index (χ4v) is 5.25. The van der Waals surface area contributed by atoms with Crippen LogP contribution in [0, 0.1) is 17.0 Å². The van der Waals surface area contributed by atoms with Crippen LogP contribution >= 0.6 is 0 Å². The minimum absolute atomic E-state index is 0.0229. The lowest BCUT2D eigenvalue weighted by atomic mass is 9.98. The second kappa shape index (κ2) is 15.1. The first-order valence-electron chi connectivity index (χ1n) is 15.6. The van der Waals surface area contributed by atoms with Crippen molar-refractivity contribution in [2.75, 3.05) is 6.61 Å². The van der Waals surface area contributed by atoms with Crippen LogP contribution in [0.15, 0.2) is 110 Å². The van der Waals surface area contributed by atoms with E-state index in [1.807, 2.05) is 43.3 Å². The van der Waals surface area contributed by atoms with E-state index < -0.39 is 22.9 Å². The number of carbonyl (C=O) groups is 2. The average molecular weight is 708 g/mol. The average Bonchev–Trinajstić information content (AvgIpc) is 3.66. The molecular weight excluding hydrogens is 678 g/mol. The number of oxime groups is 1. The van der Waals surface area contributed by atoms with Gasteiger partial charge in [-0.05, 0) is 54.8 Å². The Morgan fingerprint density at radius 1 is 0.962 bits per heavy atom. The van der Waals surface area contributed by atoms with Crippen LogP contribution in [0.2, 0.25) is 0 Å².